The zero-order valence-corrected chi connectivity index (χ0v) is 7.95. The van der Waals surface area contributed by atoms with Gasteiger partial charge in [0, 0.05) is 0 Å². The summed E-state index contributed by atoms with van der Waals surface area (Å²) in [6, 6.07) is 9.19. The molecular weight excluding hydrogens is 188 g/mol. The second-order valence-electron chi connectivity index (χ2n) is 2.47. The molecule has 0 saturated carbocycles. The third-order valence-electron chi connectivity index (χ3n) is 1.67. The van der Waals surface area contributed by atoms with E-state index in [4.69, 9.17) is 9.32 Å². The summed E-state index contributed by atoms with van der Waals surface area (Å²) in [5.74, 6) is -1.19. The summed E-state index contributed by atoms with van der Waals surface area (Å²) in [4.78, 5) is 10.5. The van der Waals surface area contributed by atoms with Crippen molar-refractivity contribution in [3.63, 3.8) is 0 Å². The zero-order valence-electron chi connectivity index (χ0n) is 7.14. The number of aliphatic carboxylic acids is 1. The van der Waals surface area contributed by atoms with Gasteiger partial charge in [-0.2, -0.15) is 4.21 Å². The Balaban J connectivity index is 0.000000671. The van der Waals surface area contributed by atoms with E-state index in [-0.39, 0.29) is 0 Å². The lowest BCUT2D eigenvalue weighted by Crippen LogP contribution is -2.06. The van der Waals surface area contributed by atoms with E-state index in [0.29, 0.717) is 0 Å². The SMILES string of the molecule is CC(C(=O)O)c1ccccc1.O=S. The van der Waals surface area contributed by atoms with E-state index in [1.54, 1.807) is 6.92 Å². The van der Waals surface area contributed by atoms with Gasteiger partial charge in [0.25, 0.3) is 0 Å². The fraction of sp³-hybridized carbons (Fsp3) is 0.222. The first-order valence-electron chi connectivity index (χ1n) is 3.66. The minimum absolute atomic E-state index is 0.406. The molecule has 1 N–H and O–H groups in total. The maximum absolute atomic E-state index is 10.5. The summed E-state index contributed by atoms with van der Waals surface area (Å²) in [6.45, 7) is 1.68. The van der Waals surface area contributed by atoms with Crippen LogP contribution < -0.4 is 0 Å². The number of carboxylic acid groups (broad SMARTS) is 1. The Labute approximate surface area is 81.9 Å². The van der Waals surface area contributed by atoms with Gasteiger partial charge in [-0.3, -0.25) is 4.79 Å². The van der Waals surface area contributed by atoms with Crippen molar-refractivity contribution in [2.24, 2.45) is 0 Å². The molecule has 1 aromatic rings. The van der Waals surface area contributed by atoms with Crippen molar-refractivity contribution in [2.75, 3.05) is 0 Å². The fourth-order valence-electron chi connectivity index (χ4n) is 0.884. The molecule has 0 aromatic heterocycles. The van der Waals surface area contributed by atoms with E-state index < -0.39 is 11.9 Å². The number of carboxylic acids is 1. The van der Waals surface area contributed by atoms with Gasteiger partial charge in [-0.1, -0.05) is 30.3 Å². The number of hydrogen-bond donors (Lipinski definition) is 1. The topological polar surface area (TPSA) is 54.4 Å². The van der Waals surface area contributed by atoms with Gasteiger partial charge in [0.15, 0.2) is 12.5 Å². The van der Waals surface area contributed by atoms with Crippen LogP contribution in [0.15, 0.2) is 30.3 Å². The molecule has 0 bridgehead atoms. The number of rotatable bonds is 2. The molecule has 1 atom stereocenters. The van der Waals surface area contributed by atoms with Gasteiger partial charge in [0.2, 0.25) is 0 Å². The summed E-state index contributed by atoms with van der Waals surface area (Å²) in [5, 5.41) is 8.64. The second kappa shape index (κ2) is 6.25. The molecule has 0 heterocycles. The molecule has 0 spiro atoms. The van der Waals surface area contributed by atoms with Crippen LogP contribution in [0.1, 0.15) is 18.4 Å². The monoisotopic (exact) mass is 198 g/mol. The highest BCUT2D eigenvalue weighted by atomic mass is 32.1. The molecule has 0 aliphatic carbocycles. The molecule has 1 rings (SSSR count). The summed E-state index contributed by atoms with van der Waals surface area (Å²) in [6.07, 6.45) is 0. The van der Waals surface area contributed by atoms with Crippen molar-refractivity contribution >= 4 is 18.5 Å². The molecule has 0 fully saturated rings. The fourth-order valence-corrected chi connectivity index (χ4v) is 0.884. The van der Waals surface area contributed by atoms with Crippen LogP contribution in [0.2, 0.25) is 0 Å². The zero-order chi connectivity index (χ0) is 10.3. The van der Waals surface area contributed by atoms with Crippen molar-refractivity contribution in [2.45, 2.75) is 12.8 Å². The van der Waals surface area contributed by atoms with Crippen molar-refractivity contribution < 1.29 is 14.1 Å². The first-order valence-corrected chi connectivity index (χ1v) is 3.99. The van der Waals surface area contributed by atoms with Crippen LogP contribution in [0.5, 0.6) is 0 Å². The van der Waals surface area contributed by atoms with E-state index in [1.165, 1.54) is 0 Å². The van der Waals surface area contributed by atoms with Crippen LogP contribution in [0.25, 0.3) is 0 Å². The van der Waals surface area contributed by atoms with Gasteiger partial charge < -0.3 is 5.11 Å². The van der Waals surface area contributed by atoms with E-state index in [9.17, 15) is 4.79 Å². The highest BCUT2D eigenvalue weighted by molar-refractivity contribution is 7.44. The molecule has 0 aliphatic rings. The predicted molar refractivity (Wildman–Crippen MR) is 50.6 cm³/mol. The van der Waals surface area contributed by atoms with Gasteiger partial charge in [0.1, 0.15) is 0 Å². The van der Waals surface area contributed by atoms with Crippen LogP contribution >= 0.6 is 0 Å². The average molecular weight is 198 g/mol. The quantitative estimate of drug-likeness (QED) is 0.783. The molecular formula is C9H10O3S. The van der Waals surface area contributed by atoms with Gasteiger partial charge in [-0.15, -0.1) is 0 Å². The number of carbonyl (C=O) groups is 1. The summed E-state index contributed by atoms with van der Waals surface area (Å²) >= 11 is 2.83. The molecule has 13 heavy (non-hydrogen) atoms. The van der Waals surface area contributed by atoms with Gasteiger partial charge in [-0.25, -0.2) is 0 Å². The second-order valence-corrected chi connectivity index (χ2v) is 2.47. The molecule has 0 saturated heterocycles. The first-order chi connectivity index (χ1) is 6.22. The highest BCUT2D eigenvalue weighted by Gasteiger charge is 2.11. The Morgan fingerprint density at radius 1 is 1.31 bits per heavy atom. The number of hydrogen-bond acceptors (Lipinski definition) is 3. The molecule has 0 amide bonds. The minimum atomic E-state index is -0.781. The lowest BCUT2D eigenvalue weighted by Gasteiger charge is -2.04. The number of benzene rings is 1. The van der Waals surface area contributed by atoms with E-state index >= 15 is 0 Å². The van der Waals surface area contributed by atoms with Crippen LogP contribution in [0.4, 0.5) is 0 Å². The molecule has 70 valence electrons. The van der Waals surface area contributed by atoms with Crippen molar-refractivity contribution in [3.05, 3.63) is 35.9 Å². The van der Waals surface area contributed by atoms with Gasteiger partial charge in [0.05, 0.1) is 5.92 Å². The van der Waals surface area contributed by atoms with Crippen LogP contribution in [-0.4, -0.2) is 15.3 Å². The minimum Gasteiger partial charge on any atom is -0.481 e. The smallest absolute Gasteiger partial charge is 0.310 e. The highest BCUT2D eigenvalue weighted by Crippen LogP contribution is 2.13. The Morgan fingerprint density at radius 2 is 1.77 bits per heavy atom. The van der Waals surface area contributed by atoms with Crippen LogP contribution in [0, 0.1) is 0 Å². The van der Waals surface area contributed by atoms with E-state index in [1.807, 2.05) is 30.3 Å². The van der Waals surface area contributed by atoms with Crippen LogP contribution in [0.3, 0.4) is 0 Å². The van der Waals surface area contributed by atoms with Crippen molar-refractivity contribution in [1.29, 1.82) is 0 Å². The lowest BCUT2D eigenvalue weighted by atomic mass is 10.0. The van der Waals surface area contributed by atoms with Gasteiger partial charge >= 0.3 is 5.97 Å². The third-order valence-corrected chi connectivity index (χ3v) is 1.67. The first kappa shape index (κ1) is 11.7. The standard InChI is InChI=1S/C9H10O2.OS/c1-7(9(10)11)8-5-3-2-4-6-8;1-2/h2-7H,1H3,(H,10,11);. The maximum atomic E-state index is 10.5. The molecule has 3 nitrogen and oxygen atoms in total. The molecule has 1 aromatic carbocycles. The Hall–Kier alpha value is -1.29. The van der Waals surface area contributed by atoms with Gasteiger partial charge in [-0.05, 0) is 12.5 Å². The van der Waals surface area contributed by atoms with Crippen molar-refractivity contribution in [1.82, 2.24) is 0 Å². The molecule has 4 heteroatoms. The summed E-state index contributed by atoms with van der Waals surface area (Å²) < 4.78 is 7.83. The molecule has 1 unspecified atom stereocenters. The van der Waals surface area contributed by atoms with E-state index in [2.05, 4.69) is 12.5 Å². The Kier molecular flexibility index (Phi) is 5.63. The lowest BCUT2D eigenvalue weighted by molar-refractivity contribution is -0.138. The maximum Gasteiger partial charge on any atom is 0.310 e. The van der Waals surface area contributed by atoms with E-state index in [0.717, 1.165) is 5.56 Å². The largest absolute Gasteiger partial charge is 0.481 e. The van der Waals surface area contributed by atoms with Crippen molar-refractivity contribution in [3.8, 4) is 0 Å². The average Bonchev–Trinajstić information content (AvgIpc) is 2.21. The third kappa shape index (κ3) is 3.75. The predicted octanol–water partition coefficient (Wildman–Crippen LogP) is 1.54. The molecule has 0 radical (unpaired) electrons. The molecule has 0 aliphatic heterocycles. The van der Waals surface area contributed by atoms with Crippen LogP contribution in [-0.2, 0) is 17.3 Å². The Morgan fingerprint density at radius 3 is 2.15 bits per heavy atom. The summed E-state index contributed by atoms with van der Waals surface area (Å²) in [5.41, 5.74) is 0.847. The Bertz CT molecular complexity index is 261. The summed E-state index contributed by atoms with van der Waals surface area (Å²) in [7, 11) is 0. The normalized spacial score (nSPS) is 10.8.